The van der Waals surface area contributed by atoms with Gasteiger partial charge in [0.1, 0.15) is 0 Å². The molecule has 0 aliphatic heterocycles. The number of hydrogen-bond donors (Lipinski definition) is 4. The van der Waals surface area contributed by atoms with Gasteiger partial charge in [0.15, 0.2) is 23.0 Å². The first-order chi connectivity index (χ1) is 13.9. The number of rotatable bonds is 6. The number of ether oxygens (including phenoxy) is 2. The van der Waals surface area contributed by atoms with Gasteiger partial charge in [0, 0.05) is 0 Å². The van der Waals surface area contributed by atoms with Crippen LogP contribution >= 0.6 is 0 Å². The molecule has 0 aliphatic rings. The topological polar surface area (TPSA) is 186 Å². The van der Waals surface area contributed by atoms with E-state index in [0.29, 0.717) is 0 Å². The van der Waals surface area contributed by atoms with Crippen LogP contribution < -0.4 is 17.8 Å². The smallest absolute Gasteiger partial charge is 0.446 e. The predicted molar refractivity (Wildman–Crippen MR) is 105 cm³/mol. The molecule has 2 aromatic rings. The van der Waals surface area contributed by atoms with Crippen LogP contribution in [0.2, 0.25) is 0 Å². The quantitative estimate of drug-likeness (QED) is 0.451. The van der Waals surface area contributed by atoms with E-state index >= 15 is 0 Å². The number of phenolic OH excluding ortho intramolecular Hbond substituents is 2. The number of methoxy groups -OCH3 is 2. The summed E-state index contributed by atoms with van der Waals surface area (Å²) in [5.74, 6) is -1.57. The summed E-state index contributed by atoms with van der Waals surface area (Å²) < 4.78 is 75.8. The molecule has 0 fully saturated rings. The molecule has 12 nitrogen and oxygen atoms in total. The van der Waals surface area contributed by atoms with Crippen LogP contribution in [0.5, 0.6) is 34.5 Å². The summed E-state index contributed by atoms with van der Waals surface area (Å²) in [5, 5.41) is 18.5. The molecular weight excluding hydrogens is 448 g/mol. The average Bonchev–Trinajstić information content (AvgIpc) is 2.63. The lowest BCUT2D eigenvalue weighted by Gasteiger charge is -2.08. The van der Waals surface area contributed by atoms with Gasteiger partial charge in [0.25, 0.3) is 0 Å². The van der Waals surface area contributed by atoms with Gasteiger partial charge in [-0.3, -0.25) is 9.11 Å². The summed E-state index contributed by atoms with van der Waals surface area (Å²) in [6, 6.07) is 7.84. The average molecular weight is 470 g/mol. The van der Waals surface area contributed by atoms with Crippen LogP contribution in [0.1, 0.15) is 13.8 Å². The van der Waals surface area contributed by atoms with Crippen molar-refractivity contribution >= 4 is 20.8 Å². The molecule has 2 rings (SSSR count). The summed E-state index contributed by atoms with van der Waals surface area (Å²) in [5.41, 5.74) is 0. The highest BCUT2D eigenvalue weighted by Gasteiger charge is 2.15. The van der Waals surface area contributed by atoms with Crippen molar-refractivity contribution in [1.82, 2.24) is 0 Å². The number of benzene rings is 2. The van der Waals surface area contributed by atoms with E-state index in [2.05, 4.69) is 13.1 Å². The van der Waals surface area contributed by atoms with Gasteiger partial charge in [-0.05, 0) is 24.3 Å². The first-order valence-corrected chi connectivity index (χ1v) is 10.7. The predicted octanol–water partition coefficient (Wildman–Crippen LogP) is 2.19. The van der Waals surface area contributed by atoms with Gasteiger partial charge < -0.3 is 28.1 Å². The van der Waals surface area contributed by atoms with E-state index in [4.69, 9.17) is 13.8 Å². The second kappa shape index (κ2) is 11.9. The van der Waals surface area contributed by atoms with Crippen molar-refractivity contribution in [1.29, 1.82) is 0 Å². The van der Waals surface area contributed by atoms with Crippen molar-refractivity contribution < 1.29 is 54.0 Å². The second-order valence-corrected chi connectivity index (χ2v) is 6.68. The van der Waals surface area contributed by atoms with Gasteiger partial charge in [-0.15, -0.1) is 0 Å². The Morgan fingerprint density at radius 1 is 0.700 bits per heavy atom. The van der Waals surface area contributed by atoms with Crippen LogP contribution in [0.25, 0.3) is 0 Å². The van der Waals surface area contributed by atoms with Crippen molar-refractivity contribution in [2.45, 2.75) is 13.8 Å². The van der Waals surface area contributed by atoms with E-state index in [1.165, 1.54) is 50.6 Å². The van der Waals surface area contributed by atoms with Gasteiger partial charge in [-0.25, -0.2) is 0 Å². The minimum Gasteiger partial charge on any atom is -0.504 e. The highest BCUT2D eigenvalue weighted by Crippen LogP contribution is 2.36. The molecule has 0 aromatic heterocycles. The molecule has 0 saturated carbocycles. The fraction of sp³-hybridized carbons (Fsp3) is 0.250. The summed E-state index contributed by atoms with van der Waals surface area (Å²) in [6.45, 7) is 4.00. The van der Waals surface area contributed by atoms with Crippen molar-refractivity contribution in [3.05, 3.63) is 36.4 Å². The molecule has 0 saturated heterocycles. The van der Waals surface area contributed by atoms with Crippen LogP contribution in [0.4, 0.5) is 0 Å². The molecule has 30 heavy (non-hydrogen) atoms. The number of hydrogen-bond acceptors (Lipinski definition) is 10. The van der Waals surface area contributed by atoms with Crippen LogP contribution in [0.15, 0.2) is 36.4 Å². The van der Waals surface area contributed by atoms with Crippen LogP contribution in [-0.2, 0) is 20.8 Å². The lowest BCUT2D eigenvalue weighted by Crippen LogP contribution is -2.07. The van der Waals surface area contributed by atoms with Crippen LogP contribution in [0.3, 0.4) is 0 Å². The Morgan fingerprint density at radius 2 is 1.13 bits per heavy atom. The Hall–Kier alpha value is -2.94. The van der Waals surface area contributed by atoms with Gasteiger partial charge in [-0.2, -0.15) is 16.8 Å². The highest BCUT2D eigenvalue weighted by atomic mass is 32.3. The molecule has 2 aromatic carbocycles. The van der Waals surface area contributed by atoms with Crippen molar-refractivity contribution in [2.24, 2.45) is 0 Å². The monoisotopic (exact) mass is 470 g/mol. The van der Waals surface area contributed by atoms with E-state index in [9.17, 15) is 27.0 Å². The van der Waals surface area contributed by atoms with Gasteiger partial charge in [0.05, 0.1) is 14.2 Å². The molecule has 170 valence electrons. The third-order valence-corrected chi connectivity index (χ3v) is 3.51. The minimum atomic E-state index is -4.64. The molecule has 0 aliphatic carbocycles. The SMILES string of the molecule is CC.COc1c(O)cccc1OS(=O)(=O)O.COc1cccc(OS(=O)(=O)O)c1O. The normalized spacial score (nSPS) is 10.5. The molecule has 0 amide bonds. The summed E-state index contributed by atoms with van der Waals surface area (Å²) in [7, 11) is -6.73. The first kappa shape index (κ1) is 27.1. The molecule has 0 radical (unpaired) electrons. The van der Waals surface area contributed by atoms with Gasteiger partial charge in [-0.1, -0.05) is 26.0 Å². The van der Waals surface area contributed by atoms with Gasteiger partial charge in [0.2, 0.25) is 11.5 Å². The summed E-state index contributed by atoms with van der Waals surface area (Å²) in [4.78, 5) is 0. The van der Waals surface area contributed by atoms with E-state index in [0.717, 1.165) is 0 Å². The molecule has 0 bridgehead atoms. The van der Waals surface area contributed by atoms with Crippen molar-refractivity contribution in [3.8, 4) is 34.5 Å². The molecule has 0 unspecified atom stereocenters. The Balaban J connectivity index is 0.000000518. The van der Waals surface area contributed by atoms with Crippen LogP contribution in [0, 0.1) is 0 Å². The molecule has 4 N–H and O–H groups in total. The third-order valence-electron chi connectivity index (χ3n) is 2.73. The molecule has 14 heteroatoms. The maximum absolute atomic E-state index is 10.4. The Morgan fingerprint density at radius 3 is 1.60 bits per heavy atom. The van der Waals surface area contributed by atoms with Crippen molar-refractivity contribution in [3.63, 3.8) is 0 Å². The Kier molecular flexibility index (Phi) is 10.7. The molecule has 0 spiro atoms. The third kappa shape index (κ3) is 9.51. The van der Waals surface area contributed by atoms with E-state index in [1.54, 1.807) is 0 Å². The molecular formula is C16H22O12S2. The highest BCUT2D eigenvalue weighted by molar-refractivity contribution is 7.81. The fourth-order valence-electron chi connectivity index (χ4n) is 1.74. The largest absolute Gasteiger partial charge is 0.504 e. The zero-order valence-corrected chi connectivity index (χ0v) is 18.0. The van der Waals surface area contributed by atoms with E-state index in [1.807, 2.05) is 13.8 Å². The second-order valence-electron chi connectivity index (χ2n) is 4.64. The standard InChI is InChI=1S/2C7H8O6S.C2H6/c1-12-5-3-2-4-6(7(5)8)13-14(9,10)11;1-12-7-5(8)3-2-4-6(7)13-14(9,10)11;1-2/h2*2-4,8H,1H3,(H,9,10,11);1-2H3. The lowest BCUT2D eigenvalue weighted by molar-refractivity contribution is 0.342. The summed E-state index contributed by atoms with van der Waals surface area (Å²) >= 11 is 0. The maximum Gasteiger partial charge on any atom is 0.446 e. The molecule has 0 atom stereocenters. The molecule has 0 heterocycles. The first-order valence-electron chi connectivity index (χ1n) is 7.93. The number of aromatic hydroxyl groups is 2. The Bertz CT molecular complexity index is 1020. The van der Waals surface area contributed by atoms with Gasteiger partial charge >= 0.3 is 20.8 Å². The Labute approximate surface area is 174 Å². The van der Waals surface area contributed by atoms with E-state index in [-0.39, 0.29) is 23.0 Å². The van der Waals surface area contributed by atoms with Crippen molar-refractivity contribution in [2.75, 3.05) is 14.2 Å². The van der Waals surface area contributed by atoms with E-state index < -0.39 is 32.3 Å². The zero-order chi connectivity index (χ0) is 23.5. The lowest BCUT2D eigenvalue weighted by atomic mass is 10.3. The number of para-hydroxylation sites is 2. The van der Waals surface area contributed by atoms with Crippen LogP contribution in [-0.4, -0.2) is 50.4 Å². The number of phenols is 2. The maximum atomic E-state index is 10.4. The fourth-order valence-corrected chi connectivity index (χ4v) is 2.46. The summed E-state index contributed by atoms with van der Waals surface area (Å²) in [6.07, 6.45) is 0. The minimum absolute atomic E-state index is 0.0474. The zero-order valence-electron chi connectivity index (χ0n) is 16.3.